The molecule has 4 nitrogen and oxygen atoms in total. The van der Waals surface area contributed by atoms with Gasteiger partial charge in [0.1, 0.15) is 5.82 Å². The minimum absolute atomic E-state index is 0.0108. The number of benzene rings is 1. The summed E-state index contributed by atoms with van der Waals surface area (Å²) in [6.45, 7) is 1.08. The Labute approximate surface area is 129 Å². The van der Waals surface area contributed by atoms with E-state index < -0.39 is 0 Å². The van der Waals surface area contributed by atoms with Crippen molar-refractivity contribution in [1.82, 2.24) is 10.2 Å². The van der Waals surface area contributed by atoms with Gasteiger partial charge in [-0.1, -0.05) is 24.6 Å². The molecular weight excluding hydrogens is 283 g/mol. The third-order valence-electron chi connectivity index (χ3n) is 4.62. The first-order chi connectivity index (χ1) is 10.6. The predicted molar refractivity (Wildman–Crippen MR) is 80.6 cm³/mol. The molecule has 0 spiro atoms. The zero-order valence-electron chi connectivity index (χ0n) is 12.6. The first-order valence-electron chi connectivity index (χ1n) is 7.95. The Hall–Kier alpha value is -1.91. The maximum absolute atomic E-state index is 13.6. The maximum Gasteiger partial charge on any atom is 0.225 e. The molecule has 22 heavy (non-hydrogen) atoms. The summed E-state index contributed by atoms with van der Waals surface area (Å²) in [5, 5.41) is 3.02. The molecule has 0 saturated carbocycles. The third kappa shape index (κ3) is 3.29. The molecule has 2 saturated heterocycles. The number of hydrogen-bond acceptors (Lipinski definition) is 2. The summed E-state index contributed by atoms with van der Waals surface area (Å²) in [4.78, 5) is 26.2. The molecule has 1 aromatic carbocycles. The van der Waals surface area contributed by atoms with Crippen molar-refractivity contribution >= 4 is 11.8 Å². The molecule has 2 amide bonds. The van der Waals surface area contributed by atoms with E-state index in [2.05, 4.69) is 5.32 Å². The van der Waals surface area contributed by atoms with Gasteiger partial charge in [-0.3, -0.25) is 9.59 Å². The normalized spacial score (nSPS) is 24.6. The lowest BCUT2D eigenvalue weighted by Gasteiger charge is -2.27. The molecule has 2 aliphatic heterocycles. The van der Waals surface area contributed by atoms with Crippen LogP contribution in [0, 0.1) is 11.7 Å². The van der Waals surface area contributed by atoms with Crippen molar-refractivity contribution in [3.05, 3.63) is 35.6 Å². The lowest BCUT2D eigenvalue weighted by atomic mass is 9.99. The molecular formula is C17H21FN2O2. The molecule has 2 aliphatic rings. The highest BCUT2D eigenvalue weighted by Gasteiger charge is 2.34. The van der Waals surface area contributed by atoms with Crippen LogP contribution in [0.3, 0.4) is 0 Å². The van der Waals surface area contributed by atoms with Crippen LogP contribution < -0.4 is 5.32 Å². The summed E-state index contributed by atoms with van der Waals surface area (Å²) < 4.78 is 13.6. The Bertz CT molecular complexity index is 576. The van der Waals surface area contributed by atoms with Gasteiger partial charge in [-0.25, -0.2) is 4.39 Å². The van der Waals surface area contributed by atoms with Gasteiger partial charge in [0, 0.05) is 25.6 Å². The standard InChI is InChI=1S/C17H21FN2O2/c18-15-7-2-1-4-12(15)8-9-16(21)20-10-13-5-3-6-14(11-20)19-17(13)22/h1-2,4,7,13-14H,3,5-6,8-11H2,(H,19,22)/t13-,14+/m1/s1. The number of halogens is 1. The molecule has 2 bridgehead atoms. The zero-order chi connectivity index (χ0) is 15.5. The lowest BCUT2D eigenvalue weighted by Crippen LogP contribution is -2.41. The van der Waals surface area contributed by atoms with Gasteiger partial charge in [0.25, 0.3) is 0 Å². The van der Waals surface area contributed by atoms with E-state index in [-0.39, 0.29) is 36.0 Å². The Morgan fingerprint density at radius 3 is 2.91 bits per heavy atom. The fraction of sp³-hybridized carbons (Fsp3) is 0.529. The van der Waals surface area contributed by atoms with Crippen molar-refractivity contribution in [2.75, 3.05) is 13.1 Å². The second-order valence-corrected chi connectivity index (χ2v) is 6.22. The second kappa shape index (κ2) is 6.46. The van der Waals surface area contributed by atoms with E-state index in [0.29, 0.717) is 25.1 Å². The van der Waals surface area contributed by atoms with Crippen molar-refractivity contribution in [3.63, 3.8) is 0 Å². The molecule has 2 fully saturated rings. The molecule has 2 heterocycles. The van der Waals surface area contributed by atoms with Crippen molar-refractivity contribution in [1.29, 1.82) is 0 Å². The van der Waals surface area contributed by atoms with Crippen molar-refractivity contribution < 1.29 is 14.0 Å². The summed E-state index contributed by atoms with van der Waals surface area (Å²) in [5.41, 5.74) is 0.570. The number of carbonyl (C=O) groups is 2. The summed E-state index contributed by atoms with van der Waals surface area (Å²) >= 11 is 0. The highest BCUT2D eigenvalue weighted by atomic mass is 19.1. The third-order valence-corrected chi connectivity index (χ3v) is 4.62. The van der Waals surface area contributed by atoms with Gasteiger partial charge in [-0.05, 0) is 30.9 Å². The first kappa shape index (κ1) is 15.0. The maximum atomic E-state index is 13.6. The van der Waals surface area contributed by atoms with Crippen LogP contribution in [0.4, 0.5) is 4.39 Å². The molecule has 3 rings (SSSR count). The van der Waals surface area contributed by atoms with Crippen LogP contribution in [0.25, 0.3) is 0 Å². The number of hydrogen-bond donors (Lipinski definition) is 1. The largest absolute Gasteiger partial charge is 0.351 e. The van der Waals surface area contributed by atoms with Crippen LogP contribution in [0.5, 0.6) is 0 Å². The van der Waals surface area contributed by atoms with Gasteiger partial charge in [0.05, 0.1) is 5.92 Å². The number of nitrogens with zero attached hydrogens (tertiary/aromatic N) is 1. The molecule has 0 aliphatic carbocycles. The van der Waals surface area contributed by atoms with Crippen LogP contribution in [0.2, 0.25) is 0 Å². The van der Waals surface area contributed by atoms with Crippen molar-refractivity contribution in [2.24, 2.45) is 5.92 Å². The van der Waals surface area contributed by atoms with Gasteiger partial charge < -0.3 is 10.2 Å². The zero-order valence-corrected chi connectivity index (χ0v) is 12.6. The smallest absolute Gasteiger partial charge is 0.225 e. The number of nitrogens with one attached hydrogen (secondary N) is 1. The number of aryl methyl sites for hydroxylation is 1. The molecule has 5 heteroatoms. The van der Waals surface area contributed by atoms with Crippen LogP contribution in [-0.4, -0.2) is 35.8 Å². The average Bonchev–Trinajstić information content (AvgIpc) is 2.74. The van der Waals surface area contributed by atoms with E-state index in [1.165, 1.54) is 6.07 Å². The summed E-state index contributed by atoms with van der Waals surface area (Å²) in [6, 6.07) is 6.62. The van der Waals surface area contributed by atoms with E-state index in [1.54, 1.807) is 23.1 Å². The molecule has 1 aromatic rings. The van der Waals surface area contributed by atoms with Crippen LogP contribution in [-0.2, 0) is 16.0 Å². The molecule has 0 unspecified atom stereocenters. The monoisotopic (exact) mass is 304 g/mol. The Balaban J connectivity index is 1.63. The van der Waals surface area contributed by atoms with Gasteiger partial charge in [-0.15, -0.1) is 0 Å². The minimum Gasteiger partial charge on any atom is -0.351 e. The quantitative estimate of drug-likeness (QED) is 0.927. The fourth-order valence-electron chi connectivity index (χ4n) is 3.36. The van der Waals surface area contributed by atoms with Gasteiger partial charge >= 0.3 is 0 Å². The summed E-state index contributed by atoms with van der Waals surface area (Å²) in [7, 11) is 0. The van der Waals surface area contributed by atoms with Crippen molar-refractivity contribution in [2.45, 2.75) is 38.1 Å². The van der Waals surface area contributed by atoms with E-state index >= 15 is 0 Å². The Morgan fingerprint density at radius 2 is 2.09 bits per heavy atom. The average molecular weight is 304 g/mol. The lowest BCUT2D eigenvalue weighted by molar-refractivity contribution is -0.132. The fourth-order valence-corrected chi connectivity index (χ4v) is 3.36. The minimum atomic E-state index is -0.264. The SMILES string of the molecule is O=C1N[C@H]2CCC[C@@H]1CN(C(=O)CCc1ccccc1F)C2. The first-order valence-corrected chi connectivity index (χ1v) is 7.95. The van der Waals surface area contributed by atoms with E-state index in [1.807, 2.05) is 0 Å². The Kier molecular flexibility index (Phi) is 4.41. The highest BCUT2D eigenvalue weighted by molar-refractivity contribution is 5.82. The molecule has 0 radical (unpaired) electrons. The summed E-state index contributed by atoms with van der Waals surface area (Å²) in [6.07, 6.45) is 3.50. The van der Waals surface area contributed by atoms with Gasteiger partial charge in [-0.2, -0.15) is 0 Å². The van der Waals surface area contributed by atoms with E-state index in [0.717, 1.165) is 19.3 Å². The molecule has 118 valence electrons. The highest BCUT2D eigenvalue weighted by Crippen LogP contribution is 2.22. The molecule has 1 N–H and O–H groups in total. The molecule has 2 atom stereocenters. The molecule has 0 aromatic heterocycles. The predicted octanol–water partition coefficient (Wildman–Crippen LogP) is 1.89. The number of carbonyl (C=O) groups excluding carboxylic acids is 2. The van der Waals surface area contributed by atoms with Crippen molar-refractivity contribution in [3.8, 4) is 0 Å². The topological polar surface area (TPSA) is 49.4 Å². The van der Waals surface area contributed by atoms with Crippen LogP contribution in [0.1, 0.15) is 31.2 Å². The second-order valence-electron chi connectivity index (χ2n) is 6.22. The Morgan fingerprint density at radius 1 is 1.27 bits per heavy atom. The van der Waals surface area contributed by atoms with Gasteiger partial charge in [0.2, 0.25) is 11.8 Å². The number of amides is 2. The van der Waals surface area contributed by atoms with Crippen LogP contribution >= 0.6 is 0 Å². The number of fused-ring (bicyclic) bond motifs is 3. The number of rotatable bonds is 3. The summed E-state index contributed by atoms with van der Waals surface area (Å²) in [5.74, 6) is -0.270. The van der Waals surface area contributed by atoms with Crippen LogP contribution in [0.15, 0.2) is 24.3 Å². The van der Waals surface area contributed by atoms with E-state index in [9.17, 15) is 14.0 Å². The number of likely N-dealkylation sites (tertiary alicyclic amines) is 1. The van der Waals surface area contributed by atoms with Gasteiger partial charge in [0.15, 0.2) is 0 Å². The van der Waals surface area contributed by atoms with E-state index in [4.69, 9.17) is 0 Å².